The van der Waals surface area contributed by atoms with Crippen LogP contribution in [-0.4, -0.2) is 4.98 Å². The Morgan fingerprint density at radius 1 is 1.37 bits per heavy atom. The van der Waals surface area contributed by atoms with E-state index in [2.05, 4.69) is 10.4 Å². The molecule has 1 aromatic heterocycles. The van der Waals surface area contributed by atoms with Crippen molar-refractivity contribution in [3.63, 3.8) is 0 Å². The number of anilines is 1. The molecule has 0 saturated carbocycles. The average Bonchev–Trinajstić information content (AvgIpc) is 2.41. The molecule has 5 N–H and O–H groups in total. The highest BCUT2D eigenvalue weighted by molar-refractivity contribution is 6.30. The van der Waals surface area contributed by atoms with E-state index in [-0.39, 0.29) is 5.82 Å². The zero-order valence-corrected chi connectivity index (χ0v) is 10.9. The number of nitrogens with zero attached hydrogens (tertiary/aromatic N) is 1. The van der Waals surface area contributed by atoms with Crippen LogP contribution in [0, 0.1) is 5.82 Å². The van der Waals surface area contributed by atoms with Gasteiger partial charge in [0.15, 0.2) is 0 Å². The van der Waals surface area contributed by atoms with Crippen molar-refractivity contribution in [3.8, 4) is 0 Å². The number of nitrogens with two attached hydrogens (primary N) is 2. The molecule has 4 nitrogen and oxygen atoms in total. The lowest BCUT2D eigenvalue weighted by Gasteiger charge is -2.18. The van der Waals surface area contributed by atoms with Gasteiger partial charge in [-0.3, -0.25) is 16.3 Å². The van der Waals surface area contributed by atoms with Crippen molar-refractivity contribution in [2.45, 2.75) is 12.5 Å². The average molecular weight is 281 g/mol. The first-order chi connectivity index (χ1) is 9.11. The predicted molar refractivity (Wildman–Crippen MR) is 73.8 cm³/mol. The summed E-state index contributed by atoms with van der Waals surface area (Å²) in [4.78, 5) is 4.00. The monoisotopic (exact) mass is 280 g/mol. The Balaban J connectivity index is 2.30. The van der Waals surface area contributed by atoms with Gasteiger partial charge in [0.25, 0.3) is 0 Å². The molecule has 0 aliphatic heterocycles. The minimum Gasteiger partial charge on any atom is -0.398 e. The minimum absolute atomic E-state index is 0.366. The van der Waals surface area contributed by atoms with E-state index in [1.807, 2.05) is 0 Å². The van der Waals surface area contributed by atoms with Gasteiger partial charge in [-0.25, -0.2) is 4.39 Å². The summed E-state index contributed by atoms with van der Waals surface area (Å²) >= 11 is 5.88. The Bertz CT molecular complexity index is 576. The van der Waals surface area contributed by atoms with Crippen LogP contribution < -0.4 is 17.0 Å². The number of halogens is 2. The molecule has 0 fully saturated rings. The standard InChI is InChI=1S/C13H14ClFN4/c14-9-1-2-11(15)10(6-9)13(19-17)5-8-7-18-4-3-12(8)16/h1-4,6-7,13,19H,5,17H2,(H2,16,18). The van der Waals surface area contributed by atoms with E-state index in [1.165, 1.54) is 12.1 Å². The summed E-state index contributed by atoms with van der Waals surface area (Å²) in [5.74, 6) is 5.13. The maximum absolute atomic E-state index is 13.8. The van der Waals surface area contributed by atoms with Crippen molar-refractivity contribution in [2.75, 3.05) is 5.73 Å². The third-order valence-corrected chi connectivity index (χ3v) is 3.14. The molecule has 0 radical (unpaired) electrons. The zero-order chi connectivity index (χ0) is 13.8. The fraction of sp³-hybridized carbons (Fsp3) is 0.154. The molecule has 0 spiro atoms. The largest absolute Gasteiger partial charge is 0.398 e. The Hall–Kier alpha value is -1.69. The second-order valence-corrected chi connectivity index (χ2v) is 4.60. The lowest BCUT2D eigenvalue weighted by atomic mass is 9.99. The van der Waals surface area contributed by atoms with Crippen molar-refractivity contribution in [1.29, 1.82) is 0 Å². The summed E-state index contributed by atoms with van der Waals surface area (Å²) in [5, 5.41) is 0.454. The number of hydrogen-bond acceptors (Lipinski definition) is 4. The Kier molecular flexibility index (Phi) is 4.31. The van der Waals surface area contributed by atoms with E-state index in [1.54, 1.807) is 24.5 Å². The molecule has 100 valence electrons. The first kappa shape index (κ1) is 13.7. The fourth-order valence-electron chi connectivity index (χ4n) is 1.87. The first-order valence-corrected chi connectivity index (χ1v) is 6.09. The predicted octanol–water partition coefficient (Wildman–Crippen LogP) is 2.20. The number of rotatable bonds is 4. The van der Waals surface area contributed by atoms with Gasteiger partial charge in [-0.1, -0.05) is 11.6 Å². The third kappa shape index (κ3) is 3.20. The van der Waals surface area contributed by atoms with Crippen LogP contribution in [0.15, 0.2) is 36.7 Å². The van der Waals surface area contributed by atoms with E-state index in [9.17, 15) is 4.39 Å². The van der Waals surface area contributed by atoms with Crippen molar-refractivity contribution >= 4 is 17.3 Å². The van der Waals surface area contributed by atoms with Crippen LogP contribution in [0.3, 0.4) is 0 Å². The molecule has 0 bridgehead atoms. The molecule has 19 heavy (non-hydrogen) atoms. The van der Waals surface area contributed by atoms with Gasteiger partial charge >= 0.3 is 0 Å². The molecule has 0 saturated heterocycles. The Labute approximate surface area is 115 Å². The molecule has 6 heteroatoms. The maximum atomic E-state index is 13.8. The van der Waals surface area contributed by atoms with E-state index in [0.717, 1.165) is 5.56 Å². The SMILES string of the molecule is NNC(Cc1cnccc1N)c1cc(Cl)ccc1F. The van der Waals surface area contributed by atoms with Gasteiger partial charge in [0.1, 0.15) is 5.82 Å². The molecule has 2 rings (SSSR count). The fourth-order valence-corrected chi connectivity index (χ4v) is 2.05. The van der Waals surface area contributed by atoms with E-state index in [4.69, 9.17) is 23.2 Å². The number of aromatic nitrogens is 1. The highest BCUT2D eigenvalue weighted by Gasteiger charge is 2.16. The quantitative estimate of drug-likeness (QED) is 0.593. The normalized spacial score (nSPS) is 12.4. The Morgan fingerprint density at radius 2 is 2.16 bits per heavy atom. The summed E-state index contributed by atoms with van der Waals surface area (Å²) in [5.41, 5.74) is 10.2. The number of hydrogen-bond donors (Lipinski definition) is 3. The number of hydrazine groups is 1. The summed E-state index contributed by atoms with van der Waals surface area (Å²) < 4.78 is 13.8. The van der Waals surface area contributed by atoms with Gasteiger partial charge in [0.05, 0.1) is 6.04 Å². The van der Waals surface area contributed by atoms with Gasteiger partial charge in [0, 0.05) is 28.7 Å². The van der Waals surface area contributed by atoms with Crippen LogP contribution in [0.4, 0.5) is 10.1 Å². The van der Waals surface area contributed by atoms with Gasteiger partial charge in [-0.15, -0.1) is 0 Å². The maximum Gasteiger partial charge on any atom is 0.128 e. The number of benzene rings is 1. The van der Waals surface area contributed by atoms with Crippen molar-refractivity contribution in [1.82, 2.24) is 10.4 Å². The molecule has 1 unspecified atom stereocenters. The van der Waals surface area contributed by atoms with Gasteiger partial charge in [0.2, 0.25) is 0 Å². The van der Waals surface area contributed by atoms with Crippen LogP contribution in [-0.2, 0) is 6.42 Å². The summed E-state index contributed by atoms with van der Waals surface area (Å²) in [7, 11) is 0. The third-order valence-electron chi connectivity index (χ3n) is 2.90. The molecular weight excluding hydrogens is 267 g/mol. The second kappa shape index (κ2) is 5.97. The molecular formula is C13H14ClFN4. The molecule has 0 amide bonds. The Morgan fingerprint density at radius 3 is 2.84 bits per heavy atom. The minimum atomic E-state index is -0.426. The number of pyridine rings is 1. The van der Waals surface area contributed by atoms with Gasteiger partial charge in [-0.05, 0) is 36.2 Å². The van der Waals surface area contributed by atoms with Gasteiger partial charge < -0.3 is 5.73 Å². The van der Waals surface area contributed by atoms with Crippen molar-refractivity contribution in [2.24, 2.45) is 5.84 Å². The molecule has 1 heterocycles. The highest BCUT2D eigenvalue weighted by atomic mass is 35.5. The highest BCUT2D eigenvalue weighted by Crippen LogP contribution is 2.25. The zero-order valence-electron chi connectivity index (χ0n) is 10.1. The number of nitrogens with one attached hydrogen (secondary N) is 1. The van der Waals surface area contributed by atoms with Crippen LogP contribution in [0.1, 0.15) is 17.2 Å². The summed E-state index contributed by atoms with van der Waals surface area (Å²) in [6.07, 6.45) is 3.67. The van der Waals surface area contributed by atoms with Crippen molar-refractivity contribution in [3.05, 3.63) is 58.6 Å². The molecule has 1 aromatic carbocycles. The van der Waals surface area contributed by atoms with E-state index < -0.39 is 6.04 Å². The smallest absolute Gasteiger partial charge is 0.128 e. The molecule has 0 aliphatic carbocycles. The topological polar surface area (TPSA) is 77.0 Å². The van der Waals surface area contributed by atoms with Crippen molar-refractivity contribution < 1.29 is 4.39 Å². The lowest BCUT2D eigenvalue weighted by molar-refractivity contribution is 0.510. The van der Waals surface area contributed by atoms with Crippen LogP contribution in [0.25, 0.3) is 0 Å². The second-order valence-electron chi connectivity index (χ2n) is 4.16. The number of nitrogen functional groups attached to an aromatic ring is 1. The van der Waals surface area contributed by atoms with Crippen LogP contribution in [0.2, 0.25) is 5.02 Å². The lowest BCUT2D eigenvalue weighted by Crippen LogP contribution is -2.30. The summed E-state index contributed by atoms with van der Waals surface area (Å²) in [6.45, 7) is 0. The molecule has 0 aliphatic rings. The molecule has 2 aromatic rings. The first-order valence-electron chi connectivity index (χ1n) is 5.71. The van der Waals surface area contributed by atoms with Gasteiger partial charge in [-0.2, -0.15) is 0 Å². The van der Waals surface area contributed by atoms with E-state index >= 15 is 0 Å². The van der Waals surface area contributed by atoms with Crippen LogP contribution in [0.5, 0.6) is 0 Å². The molecule has 1 atom stereocenters. The summed E-state index contributed by atoms with van der Waals surface area (Å²) in [6, 6.07) is 5.62. The van der Waals surface area contributed by atoms with E-state index in [0.29, 0.717) is 22.7 Å². The van der Waals surface area contributed by atoms with Crippen LogP contribution >= 0.6 is 11.6 Å².